The van der Waals surface area contributed by atoms with Gasteiger partial charge in [-0.2, -0.15) is 13.2 Å². The average molecular weight is 275 g/mol. The van der Waals surface area contributed by atoms with E-state index in [9.17, 15) is 18.0 Å². The first kappa shape index (κ1) is 15.5. The van der Waals surface area contributed by atoms with E-state index < -0.39 is 17.5 Å². The van der Waals surface area contributed by atoms with Crippen molar-refractivity contribution in [1.29, 1.82) is 0 Å². The molecule has 3 nitrogen and oxygen atoms in total. The summed E-state index contributed by atoms with van der Waals surface area (Å²) in [5.74, 6) is -1.11. The maximum atomic E-state index is 12.8. The molecule has 0 aliphatic rings. The highest BCUT2D eigenvalue weighted by Gasteiger charge is 2.54. The van der Waals surface area contributed by atoms with Crippen LogP contribution in [0.15, 0.2) is 24.3 Å². The first-order valence-electron chi connectivity index (χ1n) is 5.73. The highest BCUT2D eigenvalue weighted by molar-refractivity contribution is 6.05. The van der Waals surface area contributed by atoms with Crippen LogP contribution < -0.4 is 10.5 Å². The Morgan fingerprint density at radius 1 is 1.26 bits per heavy atom. The van der Waals surface area contributed by atoms with Crippen molar-refractivity contribution in [1.82, 2.24) is 0 Å². The Hall–Kier alpha value is -1.56. The van der Waals surface area contributed by atoms with E-state index >= 15 is 0 Å². The molecule has 0 spiro atoms. The van der Waals surface area contributed by atoms with Gasteiger partial charge in [0.15, 0.2) is 11.3 Å². The van der Waals surface area contributed by atoms with Crippen LogP contribution >= 0.6 is 0 Å². The lowest BCUT2D eigenvalue weighted by molar-refractivity contribution is -0.165. The lowest BCUT2D eigenvalue weighted by Crippen LogP contribution is -2.57. The van der Waals surface area contributed by atoms with E-state index in [1.54, 1.807) is 19.9 Å². The Labute approximate surface area is 109 Å². The van der Waals surface area contributed by atoms with Crippen LogP contribution in [0.1, 0.15) is 31.1 Å². The third kappa shape index (κ3) is 3.26. The number of rotatable bonds is 4. The second-order valence-electron chi connectivity index (χ2n) is 4.69. The number of hydrogen-bond acceptors (Lipinski definition) is 3. The molecule has 1 aromatic carbocycles. The molecule has 0 aliphatic heterocycles. The van der Waals surface area contributed by atoms with E-state index in [1.165, 1.54) is 18.2 Å². The minimum absolute atomic E-state index is 0.100. The van der Waals surface area contributed by atoms with Crippen LogP contribution in [0.2, 0.25) is 0 Å². The number of ketones is 1. The highest BCUT2D eigenvalue weighted by Crippen LogP contribution is 2.33. The van der Waals surface area contributed by atoms with E-state index in [0.29, 0.717) is 6.92 Å². The molecule has 0 amide bonds. The predicted octanol–water partition coefficient (Wildman–Crippen LogP) is 2.94. The topological polar surface area (TPSA) is 52.3 Å². The Morgan fingerprint density at radius 3 is 2.26 bits per heavy atom. The van der Waals surface area contributed by atoms with Crippen molar-refractivity contribution < 1.29 is 22.7 Å². The molecule has 0 aromatic heterocycles. The minimum Gasteiger partial charge on any atom is -0.490 e. The van der Waals surface area contributed by atoms with E-state index in [2.05, 4.69) is 0 Å². The molecule has 106 valence electrons. The molecular formula is C13H16F3NO2. The molecule has 0 fully saturated rings. The number of benzene rings is 1. The molecule has 6 heteroatoms. The monoisotopic (exact) mass is 275 g/mol. The Morgan fingerprint density at radius 2 is 1.79 bits per heavy atom. The van der Waals surface area contributed by atoms with Crippen LogP contribution in [0.5, 0.6) is 5.75 Å². The predicted molar refractivity (Wildman–Crippen MR) is 65.2 cm³/mol. The summed E-state index contributed by atoms with van der Waals surface area (Å²) in [6, 6.07) is 5.76. The number of alkyl halides is 3. The summed E-state index contributed by atoms with van der Waals surface area (Å²) in [6.45, 7) is 4.08. The van der Waals surface area contributed by atoms with Gasteiger partial charge in [0.25, 0.3) is 0 Å². The lowest BCUT2D eigenvalue weighted by atomic mass is 9.91. The molecule has 0 saturated carbocycles. The fourth-order valence-corrected chi connectivity index (χ4v) is 1.42. The van der Waals surface area contributed by atoms with Gasteiger partial charge in [0.05, 0.1) is 11.7 Å². The highest BCUT2D eigenvalue weighted by atomic mass is 19.4. The van der Waals surface area contributed by atoms with Gasteiger partial charge in [-0.1, -0.05) is 12.1 Å². The van der Waals surface area contributed by atoms with E-state index in [4.69, 9.17) is 10.5 Å². The van der Waals surface area contributed by atoms with Gasteiger partial charge in [-0.05, 0) is 32.9 Å². The van der Waals surface area contributed by atoms with Crippen LogP contribution in [0, 0.1) is 0 Å². The SMILES string of the molecule is CC(C)Oc1ccccc1C(=O)C(C)(N)C(F)(F)F. The zero-order chi connectivity index (χ0) is 14.8. The quantitative estimate of drug-likeness (QED) is 0.859. The van der Waals surface area contributed by atoms with Gasteiger partial charge in [0.2, 0.25) is 0 Å². The first-order chi connectivity index (χ1) is 8.57. The van der Waals surface area contributed by atoms with Crippen molar-refractivity contribution in [2.75, 3.05) is 0 Å². The van der Waals surface area contributed by atoms with Gasteiger partial charge in [0, 0.05) is 0 Å². The Bertz CT molecular complexity index is 467. The molecular weight excluding hydrogens is 259 g/mol. The van der Waals surface area contributed by atoms with Crippen LogP contribution in [-0.2, 0) is 0 Å². The molecule has 1 atom stereocenters. The zero-order valence-electron chi connectivity index (χ0n) is 10.9. The van der Waals surface area contributed by atoms with Gasteiger partial charge in [-0.3, -0.25) is 4.79 Å². The van der Waals surface area contributed by atoms with Crippen molar-refractivity contribution in [2.45, 2.75) is 38.6 Å². The summed E-state index contributed by atoms with van der Waals surface area (Å²) in [5, 5.41) is 0. The Balaban J connectivity index is 3.20. The minimum atomic E-state index is -4.82. The Kier molecular flexibility index (Phi) is 4.25. The van der Waals surface area contributed by atoms with Crippen LogP contribution in [0.4, 0.5) is 13.2 Å². The standard InChI is InChI=1S/C13H16F3NO2/c1-8(2)19-10-7-5-4-6-9(10)11(18)12(3,17)13(14,15)16/h4-8H,17H2,1-3H3. The van der Waals surface area contributed by atoms with E-state index in [1.807, 2.05) is 0 Å². The molecule has 2 N–H and O–H groups in total. The molecule has 0 bridgehead atoms. The number of nitrogens with two attached hydrogens (primary N) is 1. The van der Waals surface area contributed by atoms with Gasteiger partial charge in [-0.25, -0.2) is 0 Å². The van der Waals surface area contributed by atoms with Crippen molar-refractivity contribution in [3.63, 3.8) is 0 Å². The second-order valence-corrected chi connectivity index (χ2v) is 4.69. The normalized spacial score (nSPS) is 15.2. The third-order valence-electron chi connectivity index (χ3n) is 2.55. The first-order valence-corrected chi connectivity index (χ1v) is 5.73. The number of carbonyl (C=O) groups excluding carboxylic acids is 1. The second kappa shape index (κ2) is 5.21. The number of halogens is 3. The number of hydrogen-bond donors (Lipinski definition) is 1. The molecule has 0 radical (unpaired) electrons. The summed E-state index contributed by atoms with van der Waals surface area (Å²) in [6.07, 6.45) is -5.08. The maximum Gasteiger partial charge on any atom is 0.413 e. The average Bonchev–Trinajstić information content (AvgIpc) is 2.26. The van der Waals surface area contributed by atoms with Crippen LogP contribution in [0.25, 0.3) is 0 Å². The largest absolute Gasteiger partial charge is 0.490 e. The summed E-state index contributed by atoms with van der Waals surface area (Å²) in [7, 11) is 0. The number of carbonyl (C=O) groups is 1. The summed E-state index contributed by atoms with van der Waals surface area (Å²) >= 11 is 0. The fourth-order valence-electron chi connectivity index (χ4n) is 1.42. The molecule has 19 heavy (non-hydrogen) atoms. The smallest absolute Gasteiger partial charge is 0.413 e. The van der Waals surface area contributed by atoms with Gasteiger partial charge >= 0.3 is 6.18 Å². The zero-order valence-corrected chi connectivity index (χ0v) is 10.9. The summed E-state index contributed by atoms with van der Waals surface area (Å²) < 4.78 is 43.7. The summed E-state index contributed by atoms with van der Waals surface area (Å²) in [4.78, 5) is 12.0. The van der Waals surface area contributed by atoms with Crippen molar-refractivity contribution in [2.24, 2.45) is 5.73 Å². The van der Waals surface area contributed by atoms with Crippen molar-refractivity contribution in [3.8, 4) is 5.75 Å². The van der Waals surface area contributed by atoms with E-state index in [0.717, 1.165) is 0 Å². The molecule has 1 rings (SSSR count). The fraction of sp³-hybridized carbons (Fsp3) is 0.462. The number of Topliss-reactive ketones (excluding diaryl/α,β-unsaturated/α-hetero) is 1. The third-order valence-corrected chi connectivity index (χ3v) is 2.55. The van der Waals surface area contributed by atoms with Gasteiger partial charge in [-0.15, -0.1) is 0 Å². The molecule has 1 unspecified atom stereocenters. The molecule has 0 saturated heterocycles. The van der Waals surface area contributed by atoms with Crippen molar-refractivity contribution >= 4 is 5.78 Å². The van der Waals surface area contributed by atoms with Crippen LogP contribution in [-0.4, -0.2) is 23.6 Å². The molecule has 0 aliphatic carbocycles. The van der Waals surface area contributed by atoms with Gasteiger partial charge < -0.3 is 10.5 Å². The van der Waals surface area contributed by atoms with Crippen LogP contribution in [0.3, 0.4) is 0 Å². The lowest BCUT2D eigenvalue weighted by Gasteiger charge is -2.27. The van der Waals surface area contributed by atoms with E-state index in [-0.39, 0.29) is 17.4 Å². The number of para-hydroxylation sites is 1. The maximum absolute atomic E-state index is 12.8. The number of ether oxygens (including phenoxy) is 1. The summed E-state index contributed by atoms with van der Waals surface area (Å²) in [5.41, 5.74) is 2.03. The molecule has 1 aromatic rings. The molecule has 0 heterocycles. The van der Waals surface area contributed by atoms with Gasteiger partial charge in [0.1, 0.15) is 5.75 Å². The van der Waals surface area contributed by atoms with Crippen molar-refractivity contribution in [3.05, 3.63) is 29.8 Å².